The summed E-state index contributed by atoms with van der Waals surface area (Å²) in [5.74, 6) is -3.08. The van der Waals surface area contributed by atoms with E-state index in [0.717, 1.165) is 18.7 Å². The van der Waals surface area contributed by atoms with Crippen LogP contribution in [0.4, 0.5) is 24.5 Å². The molecule has 2 amide bonds. The quantitative estimate of drug-likeness (QED) is 0.231. The molecular weight excluding hydrogens is 597 g/mol. The molecule has 1 fully saturated rings. The largest absolute Gasteiger partial charge is 0.490 e. The number of thiophene rings is 1. The normalized spacial score (nSPS) is 14.2. The SMILES string of the molecule is CSc1nc(-c2cccc(NC(=O)CN3CCOCC3)c2)c2c(N)c(C(=O)NC(C)(C)C)sc2n1.O=C(O)C(F)(F)F. The fraction of sp³-hybridized carbons (Fsp3) is 0.423. The van der Waals surface area contributed by atoms with Crippen LogP contribution in [0, 0.1) is 0 Å². The van der Waals surface area contributed by atoms with Crippen molar-refractivity contribution in [1.29, 1.82) is 0 Å². The fourth-order valence-corrected chi connectivity index (χ4v) is 5.19. The molecule has 16 heteroatoms. The van der Waals surface area contributed by atoms with Gasteiger partial charge in [0.1, 0.15) is 9.71 Å². The summed E-state index contributed by atoms with van der Waals surface area (Å²) in [5, 5.41) is 14.3. The van der Waals surface area contributed by atoms with Crippen molar-refractivity contribution >= 4 is 62.5 Å². The van der Waals surface area contributed by atoms with Gasteiger partial charge in [0.05, 0.1) is 36.5 Å². The molecule has 0 radical (unpaired) electrons. The highest BCUT2D eigenvalue weighted by molar-refractivity contribution is 7.98. The molecule has 5 N–H and O–H groups in total. The van der Waals surface area contributed by atoms with Gasteiger partial charge in [-0.1, -0.05) is 23.9 Å². The van der Waals surface area contributed by atoms with Crippen molar-refractivity contribution in [2.75, 3.05) is 50.2 Å². The molecule has 0 aliphatic carbocycles. The Kier molecular flexibility index (Phi) is 10.8. The highest BCUT2D eigenvalue weighted by Crippen LogP contribution is 2.40. The maximum absolute atomic E-state index is 12.9. The number of hydrogen-bond donors (Lipinski definition) is 4. The van der Waals surface area contributed by atoms with E-state index >= 15 is 0 Å². The van der Waals surface area contributed by atoms with Crippen molar-refractivity contribution in [3.63, 3.8) is 0 Å². The lowest BCUT2D eigenvalue weighted by atomic mass is 10.1. The lowest BCUT2D eigenvalue weighted by molar-refractivity contribution is -0.192. The smallest absolute Gasteiger partial charge is 0.475 e. The standard InChI is InChI=1S/C24H30N6O3S2.C2HF3O2/c1-24(2,3)29-21(32)20-18(25)17-19(27-23(34-4)28-22(17)35-20)14-6-5-7-15(12-14)26-16(31)13-30-8-10-33-11-9-30;3-2(4,5)1(6)7/h5-7,12H,8-11,13,25H2,1-4H3,(H,26,31)(H,29,32);(H,6,7). The van der Waals surface area contributed by atoms with Crippen LogP contribution in [0.15, 0.2) is 29.4 Å². The van der Waals surface area contributed by atoms with Crippen LogP contribution in [0.25, 0.3) is 21.5 Å². The zero-order valence-corrected chi connectivity index (χ0v) is 24.9. The maximum atomic E-state index is 12.9. The number of thioether (sulfide) groups is 1. The zero-order valence-electron chi connectivity index (χ0n) is 23.3. The predicted molar refractivity (Wildman–Crippen MR) is 156 cm³/mol. The number of carbonyl (C=O) groups is 3. The van der Waals surface area contributed by atoms with Crippen LogP contribution in [0.3, 0.4) is 0 Å². The van der Waals surface area contributed by atoms with Crippen LogP contribution in [-0.4, -0.2) is 88.6 Å². The van der Waals surface area contributed by atoms with E-state index in [9.17, 15) is 22.8 Å². The summed E-state index contributed by atoms with van der Waals surface area (Å²) in [4.78, 5) is 46.9. The second-order valence-electron chi connectivity index (χ2n) is 10.1. The van der Waals surface area contributed by atoms with Gasteiger partial charge in [-0.2, -0.15) is 13.2 Å². The molecule has 0 saturated carbocycles. The molecule has 1 aromatic carbocycles. The number of aromatic nitrogens is 2. The number of carbonyl (C=O) groups excluding carboxylic acids is 2. The van der Waals surface area contributed by atoms with Crippen LogP contribution in [0.2, 0.25) is 0 Å². The molecule has 11 nitrogen and oxygen atoms in total. The molecule has 1 aliphatic heterocycles. The number of anilines is 2. The van der Waals surface area contributed by atoms with E-state index in [1.807, 2.05) is 51.3 Å². The van der Waals surface area contributed by atoms with E-state index in [0.29, 0.717) is 57.1 Å². The first-order valence-corrected chi connectivity index (χ1v) is 14.6. The molecular formula is C26H31F3N6O5S2. The van der Waals surface area contributed by atoms with Crippen molar-refractivity contribution in [3.8, 4) is 11.3 Å². The summed E-state index contributed by atoms with van der Waals surface area (Å²) in [7, 11) is 0. The number of nitrogen functional groups attached to an aromatic ring is 1. The Bertz CT molecular complexity index is 1450. The van der Waals surface area contributed by atoms with Gasteiger partial charge in [0.15, 0.2) is 5.16 Å². The van der Waals surface area contributed by atoms with E-state index in [1.54, 1.807) is 0 Å². The highest BCUT2D eigenvalue weighted by atomic mass is 32.2. The minimum atomic E-state index is -5.08. The van der Waals surface area contributed by atoms with Gasteiger partial charge in [-0.3, -0.25) is 14.5 Å². The molecule has 1 aliphatic rings. The Morgan fingerprint density at radius 1 is 1.17 bits per heavy atom. The van der Waals surface area contributed by atoms with Gasteiger partial charge in [-0.15, -0.1) is 11.3 Å². The first kappa shape index (κ1) is 33.0. The number of carboxylic acids is 1. The van der Waals surface area contributed by atoms with Gasteiger partial charge in [0.25, 0.3) is 5.91 Å². The van der Waals surface area contributed by atoms with Crippen LogP contribution >= 0.6 is 23.1 Å². The lowest BCUT2D eigenvalue weighted by Crippen LogP contribution is -2.41. The number of nitrogens with two attached hydrogens (primary N) is 1. The minimum absolute atomic E-state index is 0.0853. The van der Waals surface area contributed by atoms with Crippen LogP contribution < -0.4 is 16.4 Å². The number of hydrogen-bond acceptors (Lipinski definition) is 10. The Hall–Kier alpha value is -3.47. The number of alkyl halides is 3. The van der Waals surface area contributed by atoms with Gasteiger partial charge in [0, 0.05) is 29.9 Å². The first-order chi connectivity index (χ1) is 19.6. The highest BCUT2D eigenvalue weighted by Gasteiger charge is 2.38. The molecule has 3 heterocycles. The Balaban J connectivity index is 0.000000616. The van der Waals surface area contributed by atoms with Crippen LogP contribution in [0.1, 0.15) is 30.4 Å². The van der Waals surface area contributed by atoms with Crippen LogP contribution in [0.5, 0.6) is 0 Å². The number of rotatable bonds is 6. The fourth-order valence-electron chi connectivity index (χ4n) is 3.78. The number of benzene rings is 1. The summed E-state index contributed by atoms with van der Waals surface area (Å²) >= 11 is 2.68. The second-order valence-corrected chi connectivity index (χ2v) is 11.9. The van der Waals surface area contributed by atoms with Gasteiger partial charge in [0.2, 0.25) is 5.91 Å². The van der Waals surface area contributed by atoms with E-state index in [1.165, 1.54) is 23.1 Å². The predicted octanol–water partition coefficient (Wildman–Crippen LogP) is 4.09. The number of ether oxygens (including phenoxy) is 1. The van der Waals surface area contributed by atoms with Crippen molar-refractivity contribution in [2.45, 2.75) is 37.6 Å². The Morgan fingerprint density at radius 2 is 1.81 bits per heavy atom. The molecule has 42 heavy (non-hydrogen) atoms. The summed E-state index contributed by atoms with van der Waals surface area (Å²) in [5.41, 5.74) is 8.53. The molecule has 0 spiro atoms. The summed E-state index contributed by atoms with van der Waals surface area (Å²) in [6, 6.07) is 7.49. The van der Waals surface area contributed by atoms with Crippen molar-refractivity contribution in [3.05, 3.63) is 29.1 Å². The van der Waals surface area contributed by atoms with Crippen molar-refractivity contribution in [2.24, 2.45) is 0 Å². The number of morpholine rings is 1. The monoisotopic (exact) mass is 628 g/mol. The number of aliphatic carboxylic acids is 1. The number of carboxylic acid groups (broad SMARTS) is 1. The molecule has 2 aromatic heterocycles. The maximum Gasteiger partial charge on any atom is 0.490 e. The molecule has 228 valence electrons. The third-order valence-corrected chi connectivity index (χ3v) is 7.22. The number of fused-ring (bicyclic) bond motifs is 1. The molecule has 3 aromatic rings. The lowest BCUT2D eigenvalue weighted by Gasteiger charge is -2.25. The van der Waals surface area contributed by atoms with E-state index in [2.05, 4.69) is 20.5 Å². The van der Waals surface area contributed by atoms with Gasteiger partial charge in [-0.25, -0.2) is 14.8 Å². The zero-order chi connectivity index (χ0) is 31.2. The first-order valence-electron chi connectivity index (χ1n) is 12.6. The molecule has 0 atom stereocenters. The van der Waals surface area contributed by atoms with E-state index in [4.69, 9.17) is 25.4 Å². The number of amides is 2. The summed E-state index contributed by atoms with van der Waals surface area (Å²) in [6.07, 6.45) is -3.18. The van der Waals surface area contributed by atoms with E-state index < -0.39 is 17.7 Å². The Labute approximate surface area is 248 Å². The molecule has 4 rings (SSSR count). The summed E-state index contributed by atoms with van der Waals surface area (Å²) in [6.45, 7) is 8.84. The number of nitrogens with zero attached hydrogens (tertiary/aromatic N) is 3. The molecule has 0 bridgehead atoms. The van der Waals surface area contributed by atoms with Gasteiger partial charge < -0.3 is 26.2 Å². The average Bonchev–Trinajstić information content (AvgIpc) is 3.24. The van der Waals surface area contributed by atoms with Crippen molar-refractivity contribution < 1.29 is 37.4 Å². The van der Waals surface area contributed by atoms with Gasteiger partial charge >= 0.3 is 12.1 Å². The van der Waals surface area contributed by atoms with Crippen LogP contribution in [-0.2, 0) is 14.3 Å². The number of nitrogens with one attached hydrogen (secondary N) is 2. The average molecular weight is 629 g/mol. The molecule has 0 unspecified atom stereocenters. The van der Waals surface area contributed by atoms with Gasteiger partial charge in [-0.05, 0) is 39.2 Å². The van der Waals surface area contributed by atoms with E-state index in [-0.39, 0.29) is 11.8 Å². The summed E-state index contributed by atoms with van der Waals surface area (Å²) < 4.78 is 37.1. The Morgan fingerprint density at radius 3 is 2.38 bits per heavy atom. The second kappa shape index (κ2) is 13.7. The number of halogens is 3. The topological polar surface area (TPSA) is 160 Å². The van der Waals surface area contributed by atoms with Crippen molar-refractivity contribution in [1.82, 2.24) is 20.2 Å². The molecule has 1 saturated heterocycles. The third kappa shape index (κ3) is 9.01. The third-order valence-electron chi connectivity index (χ3n) is 5.58. The minimum Gasteiger partial charge on any atom is -0.475 e.